The predicted molar refractivity (Wildman–Crippen MR) is 127 cm³/mol. The fourth-order valence-corrected chi connectivity index (χ4v) is 4.80. The Morgan fingerprint density at radius 3 is 1.75 bits per heavy atom. The lowest BCUT2D eigenvalue weighted by molar-refractivity contribution is -0.139. The van der Waals surface area contributed by atoms with Crippen molar-refractivity contribution in [3.05, 3.63) is 108 Å². The van der Waals surface area contributed by atoms with Gasteiger partial charge < -0.3 is 14.2 Å². The molecule has 1 saturated heterocycles. The van der Waals surface area contributed by atoms with Crippen LogP contribution in [-0.4, -0.2) is 29.2 Å². The molecular weight excluding hydrogens is 420 g/mol. The zero-order valence-electron chi connectivity index (χ0n) is 18.0. The molecule has 0 amide bonds. The van der Waals surface area contributed by atoms with Gasteiger partial charge in [0.05, 0.1) is 32.5 Å². The van der Waals surface area contributed by atoms with Crippen LogP contribution in [0.5, 0.6) is 0 Å². The molecule has 5 heteroatoms. The number of carbonyl (C=O) groups is 1. The molecule has 0 bridgehead atoms. The highest BCUT2D eigenvalue weighted by Crippen LogP contribution is 2.32. The van der Waals surface area contributed by atoms with Crippen LogP contribution in [0.1, 0.15) is 23.1 Å². The second kappa shape index (κ2) is 12.0. The van der Waals surface area contributed by atoms with Crippen molar-refractivity contribution in [2.45, 2.75) is 43.7 Å². The molecule has 4 rings (SSSR count). The quantitative estimate of drug-likeness (QED) is 0.415. The second-order valence-corrected chi connectivity index (χ2v) is 9.15. The summed E-state index contributed by atoms with van der Waals surface area (Å²) < 4.78 is 18.2. The normalized spacial score (nSPS) is 20.9. The molecule has 166 valence electrons. The Morgan fingerprint density at radius 2 is 1.19 bits per heavy atom. The number of ether oxygens (including phenoxy) is 3. The first-order chi connectivity index (χ1) is 15.8. The van der Waals surface area contributed by atoms with E-state index in [-0.39, 0.29) is 16.5 Å². The Hall–Kier alpha value is -2.44. The number of hydrogen-bond acceptors (Lipinski definition) is 5. The molecule has 0 N–H and O–H groups in total. The van der Waals surface area contributed by atoms with E-state index in [0.29, 0.717) is 32.8 Å². The molecular formula is C27H28O4S. The van der Waals surface area contributed by atoms with Crippen molar-refractivity contribution < 1.29 is 19.0 Å². The van der Waals surface area contributed by atoms with E-state index in [0.717, 1.165) is 16.7 Å². The summed E-state index contributed by atoms with van der Waals surface area (Å²) in [6.07, 6.45) is -0.190. The number of thioether (sulfide) groups is 1. The first-order valence-electron chi connectivity index (χ1n) is 10.9. The van der Waals surface area contributed by atoms with Gasteiger partial charge in [-0.1, -0.05) is 103 Å². The van der Waals surface area contributed by atoms with Crippen LogP contribution in [0.25, 0.3) is 0 Å². The third kappa shape index (κ3) is 6.78. The van der Waals surface area contributed by atoms with E-state index in [9.17, 15) is 4.79 Å². The third-order valence-corrected chi connectivity index (χ3v) is 6.47. The highest BCUT2D eigenvalue weighted by molar-refractivity contribution is 8.14. The molecule has 32 heavy (non-hydrogen) atoms. The highest BCUT2D eigenvalue weighted by Gasteiger charge is 2.39. The van der Waals surface area contributed by atoms with E-state index in [2.05, 4.69) is 0 Å². The maximum Gasteiger partial charge on any atom is 0.220 e. The van der Waals surface area contributed by atoms with Gasteiger partial charge in [0.2, 0.25) is 5.12 Å². The largest absolute Gasteiger partial charge is 0.376 e. The Kier molecular flexibility index (Phi) is 8.51. The van der Waals surface area contributed by atoms with E-state index in [1.807, 2.05) is 91.0 Å². The van der Waals surface area contributed by atoms with E-state index < -0.39 is 6.10 Å². The summed E-state index contributed by atoms with van der Waals surface area (Å²) in [6, 6.07) is 30.0. The lowest BCUT2D eigenvalue weighted by Gasteiger charge is -2.34. The van der Waals surface area contributed by atoms with Gasteiger partial charge >= 0.3 is 0 Å². The molecule has 0 aliphatic carbocycles. The summed E-state index contributed by atoms with van der Waals surface area (Å²) in [5.74, 6) is 0. The van der Waals surface area contributed by atoms with Crippen molar-refractivity contribution in [1.29, 1.82) is 0 Å². The van der Waals surface area contributed by atoms with Gasteiger partial charge in [-0.2, -0.15) is 0 Å². The van der Waals surface area contributed by atoms with Gasteiger partial charge in [-0.25, -0.2) is 0 Å². The van der Waals surface area contributed by atoms with Crippen LogP contribution < -0.4 is 0 Å². The van der Waals surface area contributed by atoms with Gasteiger partial charge in [-0.3, -0.25) is 4.79 Å². The van der Waals surface area contributed by atoms with Crippen molar-refractivity contribution in [3.8, 4) is 0 Å². The van der Waals surface area contributed by atoms with Gasteiger partial charge in [0.25, 0.3) is 0 Å². The number of benzene rings is 3. The summed E-state index contributed by atoms with van der Waals surface area (Å²) in [5, 5.41) is 0.0575. The van der Waals surface area contributed by atoms with Crippen LogP contribution in [0, 0.1) is 0 Å². The minimum absolute atomic E-state index is 0.0125. The van der Waals surface area contributed by atoms with E-state index in [1.165, 1.54) is 11.8 Å². The molecule has 1 unspecified atom stereocenters. The van der Waals surface area contributed by atoms with Crippen molar-refractivity contribution in [2.75, 3.05) is 6.61 Å². The Labute approximate surface area is 193 Å². The standard InChI is InChI=1S/C27H28O4S/c28-27-26(31-19-23-14-8-3-9-15-23)25(30-18-22-12-6-2-7-13-22)16-24(32-27)20-29-17-21-10-4-1-5-11-21/h1-15,24-26H,16-20H2/t24-,25?,26+/m0/s1. The Bertz CT molecular complexity index is 949. The van der Waals surface area contributed by atoms with Gasteiger partial charge in [-0.05, 0) is 23.1 Å². The van der Waals surface area contributed by atoms with Crippen molar-refractivity contribution in [1.82, 2.24) is 0 Å². The monoisotopic (exact) mass is 448 g/mol. The average Bonchev–Trinajstić information content (AvgIpc) is 2.84. The fraction of sp³-hybridized carbons (Fsp3) is 0.296. The average molecular weight is 449 g/mol. The van der Waals surface area contributed by atoms with E-state index >= 15 is 0 Å². The summed E-state index contributed by atoms with van der Waals surface area (Å²) in [4.78, 5) is 13.0. The first kappa shape index (κ1) is 22.7. The second-order valence-electron chi connectivity index (χ2n) is 7.85. The minimum Gasteiger partial charge on any atom is -0.376 e. The molecule has 3 atom stereocenters. The number of carbonyl (C=O) groups excluding carboxylic acids is 1. The maximum atomic E-state index is 13.0. The van der Waals surface area contributed by atoms with Gasteiger partial charge in [0.1, 0.15) is 0 Å². The Morgan fingerprint density at radius 1 is 0.688 bits per heavy atom. The molecule has 0 saturated carbocycles. The zero-order valence-corrected chi connectivity index (χ0v) is 18.8. The van der Waals surface area contributed by atoms with Gasteiger partial charge in [0, 0.05) is 5.25 Å². The summed E-state index contributed by atoms with van der Waals surface area (Å²) >= 11 is 1.32. The van der Waals surface area contributed by atoms with Gasteiger partial charge in [0.15, 0.2) is 6.10 Å². The summed E-state index contributed by atoms with van der Waals surface area (Å²) in [7, 11) is 0. The lowest BCUT2D eigenvalue weighted by atomic mass is 10.1. The molecule has 1 aliphatic rings. The van der Waals surface area contributed by atoms with Crippen LogP contribution in [-0.2, 0) is 38.8 Å². The van der Waals surface area contributed by atoms with Crippen molar-refractivity contribution in [3.63, 3.8) is 0 Å². The van der Waals surface area contributed by atoms with E-state index in [1.54, 1.807) is 0 Å². The Balaban J connectivity index is 1.36. The summed E-state index contributed by atoms with van der Waals surface area (Å²) in [6.45, 7) is 1.88. The first-order valence-corrected chi connectivity index (χ1v) is 11.8. The molecule has 0 radical (unpaired) electrons. The van der Waals surface area contributed by atoms with Crippen LogP contribution >= 0.6 is 11.8 Å². The van der Waals surface area contributed by atoms with Crippen LogP contribution in [0.3, 0.4) is 0 Å². The molecule has 3 aromatic carbocycles. The van der Waals surface area contributed by atoms with Crippen LogP contribution in [0.2, 0.25) is 0 Å². The van der Waals surface area contributed by atoms with Gasteiger partial charge in [-0.15, -0.1) is 0 Å². The smallest absolute Gasteiger partial charge is 0.220 e. The lowest BCUT2D eigenvalue weighted by Crippen LogP contribution is -2.44. The number of rotatable bonds is 10. The topological polar surface area (TPSA) is 44.8 Å². The van der Waals surface area contributed by atoms with E-state index in [4.69, 9.17) is 14.2 Å². The molecule has 1 fully saturated rings. The summed E-state index contributed by atoms with van der Waals surface area (Å²) in [5.41, 5.74) is 3.25. The molecule has 1 heterocycles. The van der Waals surface area contributed by atoms with Crippen LogP contribution in [0.4, 0.5) is 0 Å². The highest BCUT2D eigenvalue weighted by atomic mass is 32.2. The third-order valence-electron chi connectivity index (χ3n) is 5.34. The van der Waals surface area contributed by atoms with Crippen LogP contribution in [0.15, 0.2) is 91.0 Å². The van der Waals surface area contributed by atoms with Crippen molar-refractivity contribution >= 4 is 16.9 Å². The molecule has 4 nitrogen and oxygen atoms in total. The SMILES string of the molecule is O=C1S[C@H](COCc2ccccc2)CC(OCc2ccccc2)[C@H]1OCc1ccccc1. The maximum absolute atomic E-state index is 13.0. The van der Waals surface area contributed by atoms with Crippen molar-refractivity contribution in [2.24, 2.45) is 0 Å². The number of hydrogen-bond donors (Lipinski definition) is 0. The molecule has 1 aliphatic heterocycles. The molecule has 0 aromatic heterocycles. The fourth-order valence-electron chi connectivity index (χ4n) is 3.67. The molecule has 3 aromatic rings. The predicted octanol–water partition coefficient (Wildman–Crippen LogP) is 5.41. The minimum atomic E-state index is -0.589. The zero-order chi connectivity index (χ0) is 22.0. The molecule has 0 spiro atoms.